The van der Waals surface area contributed by atoms with Gasteiger partial charge in [0.2, 0.25) is 5.91 Å². The maximum absolute atomic E-state index is 13.4. The van der Waals surface area contributed by atoms with Crippen LogP contribution in [0.5, 0.6) is 5.75 Å². The molecule has 2 aromatic carbocycles. The zero-order chi connectivity index (χ0) is 19.4. The van der Waals surface area contributed by atoms with Crippen LogP contribution in [-0.4, -0.2) is 48.1 Å². The highest BCUT2D eigenvalue weighted by Crippen LogP contribution is 2.49. The number of rotatable bonds is 3. The van der Waals surface area contributed by atoms with Crippen LogP contribution in [0.2, 0.25) is 5.02 Å². The summed E-state index contributed by atoms with van der Waals surface area (Å²) in [5, 5.41) is 4.94. The lowest BCUT2D eigenvalue weighted by molar-refractivity contribution is -0.126. The van der Waals surface area contributed by atoms with Crippen molar-refractivity contribution in [3.8, 4) is 5.75 Å². The summed E-state index contributed by atoms with van der Waals surface area (Å²) in [5.74, 6) is -0.0260. The highest BCUT2D eigenvalue weighted by molar-refractivity contribution is 6.30. The van der Waals surface area contributed by atoms with E-state index in [9.17, 15) is 9.59 Å². The molecule has 3 atom stereocenters. The molecule has 3 saturated heterocycles. The first-order valence-electron chi connectivity index (χ1n) is 9.40. The molecule has 5 rings (SSSR count). The first kappa shape index (κ1) is 17.7. The van der Waals surface area contributed by atoms with Gasteiger partial charge in [-0.15, -0.1) is 0 Å². The van der Waals surface area contributed by atoms with E-state index in [1.54, 1.807) is 31.4 Å². The van der Waals surface area contributed by atoms with Gasteiger partial charge < -0.3 is 4.74 Å². The topological polar surface area (TPSA) is 53.1 Å². The Morgan fingerprint density at radius 1 is 0.893 bits per heavy atom. The number of halogens is 1. The fourth-order valence-electron chi connectivity index (χ4n) is 4.76. The Kier molecular flexibility index (Phi) is 4.16. The van der Waals surface area contributed by atoms with Gasteiger partial charge >= 0.3 is 0 Å². The van der Waals surface area contributed by atoms with Gasteiger partial charge in [0, 0.05) is 18.1 Å². The molecule has 3 heterocycles. The molecule has 0 aromatic heterocycles. The summed E-state index contributed by atoms with van der Waals surface area (Å²) in [7, 11) is 1.59. The van der Waals surface area contributed by atoms with Gasteiger partial charge in [-0.05, 0) is 48.4 Å². The second-order valence-corrected chi connectivity index (χ2v) is 7.79. The van der Waals surface area contributed by atoms with Crippen LogP contribution in [0.4, 0.5) is 5.69 Å². The first-order chi connectivity index (χ1) is 13.6. The number of imide groups is 1. The SMILES string of the molecule is COc1ccc(N2C(=O)[C@@H]3[C@@H](C2=O)N2CCCN2[C@@H]3c2ccc(Cl)cc2)cc1. The molecule has 3 aliphatic heterocycles. The Morgan fingerprint density at radius 3 is 2.18 bits per heavy atom. The van der Waals surface area contributed by atoms with Gasteiger partial charge in [-0.3, -0.25) is 9.59 Å². The van der Waals surface area contributed by atoms with E-state index in [1.807, 2.05) is 24.3 Å². The largest absolute Gasteiger partial charge is 0.497 e. The van der Waals surface area contributed by atoms with Crippen LogP contribution >= 0.6 is 11.6 Å². The lowest BCUT2D eigenvalue weighted by atomic mass is 9.90. The van der Waals surface area contributed by atoms with Crippen molar-refractivity contribution in [2.75, 3.05) is 25.1 Å². The average molecular weight is 398 g/mol. The van der Waals surface area contributed by atoms with Gasteiger partial charge in [-0.2, -0.15) is 0 Å². The third-order valence-electron chi connectivity index (χ3n) is 5.95. The molecule has 144 valence electrons. The smallest absolute Gasteiger partial charge is 0.253 e. The van der Waals surface area contributed by atoms with Crippen LogP contribution < -0.4 is 9.64 Å². The number of anilines is 1. The molecular weight excluding hydrogens is 378 g/mol. The second kappa shape index (κ2) is 6.58. The zero-order valence-electron chi connectivity index (χ0n) is 15.4. The molecule has 28 heavy (non-hydrogen) atoms. The van der Waals surface area contributed by atoms with Crippen LogP contribution in [0, 0.1) is 5.92 Å². The third-order valence-corrected chi connectivity index (χ3v) is 6.20. The minimum absolute atomic E-state index is 0.144. The Morgan fingerprint density at radius 2 is 1.54 bits per heavy atom. The maximum Gasteiger partial charge on any atom is 0.253 e. The highest BCUT2D eigenvalue weighted by atomic mass is 35.5. The molecule has 3 fully saturated rings. The van der Waals surface area contributed by atoms with E-state index in [-0.39, 0.29) is 17.9 Å². The number of carbonyl (C=O) groups excluding carboxylic acids is 2. The summed E-state index contributed by atoms with van der Waals surface area (Å²) in [4.78, 5) is 28.1. The predicted molar refractivity (Wildman–Crippen MR) is 105 cm³/mol. The number of benzene rings is 2. The number of hydrogen-bond acceptors (Lipinski definition) is 5. The van der Waals surface area contributed by atoms with Gasteiger partial charge in [0.25, 0.3) is 5.91 Å². The van der Waals surface area contributed by atoms with E-state index in [0.29, 0.717) is 16.5 Å². The Balaban J connectivity index is 1.55. The van der Waals surface area contributed by atoms with Gasteiger partial charge in [0.05, 0.1) is 24.8 Å². The minimum Gasteiger partial charge on any atom is -0.497 e. The van der Waals surface area contributed by atoms with Gasteiger partial charge in [-0.1, -0.05) is 23.7 Å². The normalized spacial score (nSPS) is 27.4. The molecule has 6 nitrogen and oxygen atoms in total. The van der Waals surface area contributed by atoms with Gasteiger partial charge in [-0.25, -0.2) is 14.9 Å². The molecule has 0 saturated carbocycles. The molecule has 7 heteroatoms. The lowest BCUT2D eigenvalue weighted by Gasteiger charge is -2.29. The summed E-state index contributed by atoms with van der Waals surface area (Å²) in [5.41, 5.74) is 1.60. The highest BCUT2D eigenvalue weighted by Gasteiger charge is 2.62. The summed E-state index contributed by atoms with van der Waals surface area (Å²) in [6.45, 7) is 1.64. The standard InChI is InChI=1S/C21H20ClN3O3/c1-28-16-9-7-15(8-10-16)25-20(26)17-18(13-3-5-14(22)6-4-13)23-11-2-12-24(23)19(17)21(25)27/h3-10,17-19H,2,11-12H2,1H3/t17-,18+,19-/m0/s1. The average Bonchev–Trinajstić information content (AvgIpc) is 3.35. The van der Waals surface area contributed by atoms with Crippen molar-refractivity contribution in [2.24, 2.45) is 5.92 Å². The van der Waals surface area contributed by atoms with Crippen LogP contribution in [0.1, 0.15) is 18.0 Å². The molecule has 2 aromatic rings. The van der Waals surface area contributed by atoms with Gasteiger partial charge in [0.1, 0.15) is 11.8 Å². The van der Waals surface area contributed by atoms with Crippen LogP contribution in [-0.2, 0) is 9.59 Å². The fraction of sp³-hybridized carbons (Fsp3) is 0.333. The van der Waals surface area contributed by atoms with Crippen molar-refractivity contribution in [3.05, 3.63) is 59.1 Å². The summed E-state index contributed by atoms with van der Waals surface area (Å²) in [6.07, 6.45) is 0.983. The van der Waals surface area contributed by atoms with Crippen LogP contribution in [0.3, 0.4) is 0 Å². The second-order valence-electron chi connectivity index (χ2n) is 7.36. The Labute approximate surface area is 168 Å². The van der Waals surface area contributed by atoms with E-state index in [4.69, 9.17) is 16.3 Å². The number of methoxy groups -OCH3 is 1. The first-order valence-corrected chi connectivity index (χ1v) is 9.78. The van der Waals surface area contributed by atoms with E-state index >= 15 is 0 Å². The molecular formula is C21H20ClN3O3. The summed E-state index contributed by atoms with van der Waals surface area (Å²) in [6, 6.07) is 14.1. The van der Waals surface area contributed by atoms with E-state index in [2.05, 4.69) is 10.0 Å². The van der Waals surface area contributed by atoms with E-state index in [1.165, 1.54) is 4.90 Å². The molecule has 3 aliphatic rings. The van der Waals surface area contributed by atoms with Crippen molar-refractivity contribution in [2.45, 2.75) is 18.5 Å². The van der Waals surface area contributed by atoms with Crippen molar-refractivity contribution in [1.82, 2.24) is 10.0 Å². The molecule has 0 unspecified atom stereocenters. The number of carbonyl (C=O) groups is 2. The summed E-state index contributed by atoms with van der Waals surface area (Å²) >= 11 is 6.06. The van der Waals surface area contributed by atoms with E-state index in [0.717, 1.165) is 25.1 Å². The molecule has 0 N–H and O–H groups in total. The van der Waals surface area contributed by atoms with Gasteiger partial charge in [0.15, 0.2) is 0 Å². The van der Waals surface area contributed by atoms with Crippen molar-refractivity contribution < 1.29 is 14.3 Å². The predicted octanol–water partition coefficient (Wildman–Crippen LogP) is 2.88. The molecule has 2 amide bonds. The third kappa shape index (κ3) is 2.49. The minimum atomic E-state index is -0.447. The van der Waals surface area contributed by atoms with Crippen molar-refractivity contribution in [3.63, 3.8) is 0 Å². The van der Waals surface area contributed by atoms with Crippen LogP contribution in [0.25, 0.3) is 0 Å². The number of ether oxygens (including phenoxy) is 1. The monoisotopic (exact) mass is 397 g/mol. The number of fused-ring (bicyclic) bond motifs is 3. The van der Waals surface area contributed by atoms with E-state index < -0.39 is 12.0 Å². The number of amides is 2. The zero-order valence-corrected chi connectivity index (χ0v) is 16.2. The Hall–Kier alpha value is -2.41. The number of hydrazine groups is 1. The van der Waals surface area contributed by atoms with Crippen molar-refractivity contribution in [1.29, 1.82) is 0 Å². The van der Waals surface area contributed by atoms with Crippen LogP contribution in [0.15, 0.2) is 48.5 Å². The molecule has 0 aliphatic carbocycles. The number of hydrogen-bond donors (Lipinski definition) is 0. The fourth-order valence-corrected chi connectivity index (χ4v) is 4.89. The molecule has 0 spiro atoms. The maximum atomic E-state index is 13.4. The lowest BCUT2D eigenvalue weighted by Crippen LogP contribution is -2.44. The Bertz CT molecular complexity index is 931. The van der Waals surface area contributed by atoms with Crippen molar-refractivity contribution >= 4 is 29.1 Å². The quantitative estimate of drug-likeness (QED) is 0.745. The molecule has 0 radical (unpaired) electrons. The number of nitrogens with zero attached hydrogens (tertiary/aromatic N) is 3. The molecule has 0 bridgehead atoms. The summed E-state index contributed by atoms with van der Waals surface area (Å²) < 4.78 is 5.19.